The van der Waals surface area contributed by atoms with Gasteiger partial charge in [-0.05, 0) is 48.7 Å². The molecule has 3 aromatic carbocycles. The molecule has 208 valence electrons. The topological polar surface area (TPSA) is 86.8 Å². The van der Waals surface area contributed by atoms with E-state index in [4.69, 9.17) is 23.2 Å². The summed E-state index contributed by atoms with van der Waals surface area (Å²) in [5, 5.41) is 3.67. The van der Waals surface area contributed by atoms with Gasteiger partial charge < -0.3 is 10.2 Å². The van der Waals surface area contributed by atoms with Crippen molar-refractivity contribution >= 4 is 50.7 Å². The molecule has 2 amide bonds. The molecule has 0 saturated carbocycles. The second-order valence-electron chi connectivity index (χ2n) is 9.40. The Morgan fingerprint density at radius 1 is 0.923 bits per heavy atom. The standard InChI is InChI=1S/C29H33Cl2N3O4S/c1-4-21(2)32-29(36)27(18-22-11-6-5-7-12-22)33(19-23-13-10-14-24(30)17-23)28(35)20-34(39(3,37)38)26-16-9-8-15-25(26)31/h5-17,21,27H,4,18-20H2,1-3H3,(H,32,36)/t21-,27-/m0/s1. The number of anilines is 1. The average molecular weight is 591 g/mol. The number of nitrogens with one attached hydrogen (secondary N) is 1. The van der Waals surface area contributed by atoms with Crippen LogP contribution in [0.15, 0.2) is 78.9 Å². The molecule has 0 spiro atoms. The van der Waals surface area contributed by atoms with Crippen molar-refractivity contribution in [3.63, 3.8) is 0 Å². The monoisotopic (exact) mass is 589 g/mol. The number of hydrogen-bond donors (Lipinski definition) is 1. The lowest BCUT2D eigenvalue weighted by molar-refractivity contribution is -0.140. The van der Waals surface area contributed by atoms with Gasteiger partial charge in [0.2, 0.25) is 21.8 Å². The highest BCUT2D eigenvalue weighted by Gasteiger charge is 2.33. The maximum absolute atomic E-state index is 14.0. The third kappa shape index (κ3) is 8.71. The van der Waals surface area contributed by atoms with Crippen molar-refractivity contribution in [3.05, 3.63) is 100 Å². The summed E-state index contributed by atoms with van der Waals surface area (Å²) in [5.74, 6) is -0.882. The Labute approximate surface area is 240 Å². The molecule has 3 rings (SSSR count). The number of benzene rings is 3. The van der Waals surface area contributed by atoms with Crippen LogP contribution < -0.4 is 9.62 Å². The molecule has 2 atom stereocenters. The van der Waals surface area contributed by atoms with E-state index in [2.05, 4.69) is 5.32 Å². The van der Waals surface area contributed by atoms with E-state index in [-0.39, 0.29) is 35.6 Å². The first-order valence-corrected chi connectivity index (χ1v) is 15.2. The van der Waals surface area contributed by atoms with Gasteiger partial charge in [-0.2, -0.15) is 0 Å². The molecular weight excluding hydrogens is 557 g/mol. The molecular formula is C29H33Cl2N3O4S. The first kappa shape index (κ1) is 30.5. The Bertz CT molecular complexity index is 1390. The van der Waals surface area contributed by atoms with Gasteiger partial charge in [-0.1, -0.05) is 84.7 Å². The first-order valence-electron chi connectivity index (χ1n) is 12.6. The Kier molecular flexibility index (Phi) is 10.8. The van der Waals surface area contributed by atoms with Crippen molar-refractivity contribution < 1.29 is 18.0 Å². The molecule has 1 N–H and O–H groups in total. The highest BCUT2D eigenvalue weighted by molar-refractivity contribution is 7.92. The van der Waals surface area contributed by atoms with E-state index in [0.29, 0.717) is 17.0 Å². The Morgan fingerprint density at radius 2 is 1.56 bits per heavy atom. The highest BCUT2D eigenvalue weighted by Crippen LogP contribution is 2.28. The molecule has 39 heavy (non-hydrogen) atoms. The van der Waals surface area contributed by atoms with Crippen LogP contribution in [0.25, 0.3) is 0 Å². The number of carbonyl (C=O) groups is 2. The minimum Gasteiger partial charge on any atom is -0.352 e. The predicted molar refractivity (Wildman–Crippen MR) is 157 cm³/mol. The zero-order chi connectivity index (χ0) is 28.6. The van der Waals surface area contributed by atoms with E-state index >= 15 is 0 Å². The molecule has 0 fully saturated rings. The molecule has 0 aliphatic heterocycles. The number of rotatable bonds is 12. The van der Waals surface area contributed by atoms with E-state index < -0.39 is 28.5 Å². The van der Waals surface area contributed by atoms with Crippen LogP contribution in [-0.4, -0.2) is 50.0 Å². The molecule has 0 saturated heterocycles. The maximum Gasteiger partial charge on any atom is 0.244 e. The van der Waals surface area contributed by atoms with Gasteiger partial charge in [0.1, 0.15) is 12.6 Å². The van der Waals surface area contributed by atoms with Crippen LogP contribution in [0, 0.1) is 0 Å². The molecule has 10 heteroatoms. The lowest BCUT2D eigenvalue weighted by Gasteiger charge is -2.34. The van der Waals surface area contributed by atoms with Crippen molar-refractivity contribution in [2.75, 3.05) is 17.1 Å². The van der Waals surface area contributed by atoms with E-state index in [1.165, 1.54) is 11.0 Å². The minimum absolute atomic E-state index is 0.0466. The van der Waals surface area contributed by atoms with Crippen molar-refractivity contribution in [2.45, 2.75) is 45.3 Å². The van der Waals surface area contributed by atoms with Gasteiger partial charge in [-0.25, -0.2) is 8.42 Å². The van der Waals surface area contributed by atoms with Crippen LogP contribution in [0.5, 0.6) is 0 Å². The van der Waals surface area contributed by atoms with E-state index in [0.717, 1.165) is 16.1 Å². The molecule has 0 aliphatic carbocycles. The van der Waals surface area contributed by atoms with Gasteiger partial charge in [0, 0.05) is 24.0 Å². The fraction of sp³-hybridized carbons (Fsp3) is 0.310. The summed E-state index contributed by atoms with van der Waals surface area (Å²) < 4.78 is 26.6. The van der Waals surface area contributed by atoms with Crippen LogP contribution in [0.4, 0.5) is 5.69 Å². The van der Waals surface area contributed by atoms with Gasteiger partial charge >= 0.3 is 0 Å². The van der Waals surface area contributed by atoms with Gasteiger partial charge in [-0.3, -0.25) is 13.9 Å². The SMILES string of the molecule is CC[C@H](C)NC(=O)[C@H](Cc1ccccc1)N(Cc1cccc(Cl)c1)C(=O)CN(c1ccccc1Cl)S(C)(=O)=O. The number of sulfonamides is 1. The van der Waals surface area contributed by atoms with Crippen LogP contribution in [0.3, 0.4) is 0 Å². The van der Waals surface area contributed by atoms with Crippen molar-refractivity contribution in [2.24, 2.45) is 0 Å². The molecule has 0 bridgehead atoms. The molecule has 3 aromatic rings. The molecule has 7 nitrogen and oxygen atoms in total. The van der Waals surface area contributed by atoms with Crippen LogP contribution >= 0.6 is 23.2 Å². The summed E-state index contributed by atoms with van der Waals surface area (Å²) in [7, 11) is -3.90. The van der Waals surface area contributed by atoms with Gasteiger partial charge in [-0.15, -0.1) is 0 Å². The van der Waals surface area contributed by atoms with Crippen molar-refractivity contribution in [1.82, 2.24) is 10.2 Å². The number of carbonyl (C=O) groups excluding carboxylic acids is 2. The molecule has 0 heterocycles. The summed E-state index contributed by atoms with van der Waals surface area (Å²) in [6, 6.07) is 21.8. The van der Waals surface area contributed by atoms with Crippen LogP contribution in [0.2, 0.25) is 10.0 Å². The number of para-hydroxylation sites is 1. The normalized spacial score (nSPS) is 12.8. The van der Waals surface area contributed by atoms with Crippen molar-refractivity contribution in [3.8, 4) is 0 Å². The van der Waals surface area contributed by atoms with E-state index in [1.807, 2.05) is 44.2 Å². The third-order valence-electron chi connectivity index (χ3n) is 6.31. The smallest absolute Gasteiger partial charge is 0.244 e. The summed E-state index contributed by atoms with van der Waals surface area (Å²) in [6.45, 7) is 3.36. The fourth-order valence-electron chi connectivity index (χ4n) is 4.08. The molecule has 0 radical (unpaired) electrons. The quantitative estimate of drug-likeness (QED) is 0.310. The summed E-state index contributed by atoms with van der Waals surface area (Å²) in [6.07, 6.45) is 1.96. The zero-order valence-electron chi connectivity index (χ0n) is 22.2. The maximum atomic E-state index is 14.0. The lowest BCUT2D eigenvalue weighted by atomic mass is 10.0. The first-order chi connectivity index (χ1) is 18.5. The summed E-state index contributed by atoms with van der Waals surface area (Å²) >= 11 is 12.5. The van der Waals surface area contributed by atoms with Gasteiger partial charge in [0.25, 0.3) is 0 Å². The van der Waals surface area contributed by atoms with E-state index in [1.54, 1.807) is 42.5 Å². The Morgan fingerprint density at radius 3 is 2.18 bits per heavy atom. The zero-order valence-corrected chi connectivity index (χ0v) is 24.5. The van der Waals surface area contributed by atoms with Gasteiger partial charge in [0.15, 0.2) is 0 Å². The predicted octanol–water partition coefficient (Wildman–Crippen LogP) is 5.31. The largest absolute Gasteiger partial charge is 0.352 e. The number of nitrogens with zero attached hydrogens (tertiary/aromatic N) is 2. The van der Waals surface area contributed by atoms with Crippen LogP contribution in [-0.2, 0) is 32.6 Å². The second kappa shape index (κ2) is 13.8. The lowest BCUT2D eigenvalue weighted by Crippen LogP contribution is -2.54. The fourth-order valence-corrected chi connectivity index (χ4v) is 5.44. The second-order valence-corrected chi connectivity index (χ2v) is 12.1. The number of halogens is 2. The number of hydrogen-bond acceptors (Lipinski definition) is 4. The Balaban J connectivity index is 2.07. The van der Waals surface area contributed by atoms with E-state index in [9.17, 15) is 18.0 Å². The van der Waals surface area contributed by atoms with Gasteiger partial charge in [0.05, 0.1) is 17.0 Å². The average Bonchev–Trinajstić information content (AvgIpc) is 2.89. The molecule has 0 aliphatic rings. The summed E-state index contributed by atoms with van der Waals surface area (Å²) in [5.41, 5.74) is 1.74. The Hall–Kier alpha value is -3.07. The van der Waals surface area contributed by atoms with Crippen LogP contribution in [0.1, 0.15) is 31.4 Å². The highest BCUT2D eigenvalue weighted by atomic mass is 35.5. The summed E-state index contributed by atoms with van der Waals surface area (Å²) in [4.78, 5) is 29.1. The molecule has 0 unspecified atom stereocenters. The number of amides is 2. The molecule has 0 aromatic heterocycles. The van der Waals surface area contributed by atoms with Crippen molar-refractivity contribution in [1.29, 1.82) is 0 Å². The third-order valence-corrected chi connectivity index (χ3v) is 8.00. The minimum atomic E-state index is -3.90.